The van der Waals surface area contributed by atoms with E-state index in [0.717, 1.165) is 49.0 Å². The van der Waals surface area contributed by atoms with Crippen LogP contribution in [0.2, 0.25) is 0 Å². The van der Waals surface area contributed by atoms with Crippen molar-refractivity contribution in [1.29, 1.82) is 0 Å². The van der Waals surface area contributed by atoms with E-state index in [1.54, 1.807) is 12.1 Å². The number of carbonyl (C=O) groups excluding carboxylic acids is 1. The molecule has 2 N–H and O–H groups in total. The molecule has 1 aliphatic carbocycles. The smallest absolute Gasteiger partial charge is 0.274 e. The number of nitrogens with one attached hydrogen (secondary N) is 2. The van der Waals surface area contributed by atoms with Crippen LogP contribution < -0.4 is 5.32 Å². The highest BCUT2D eigenvalue weighted by Gasteiger charge is 2.31. The molecular weight excluding hydrogens is 367 g/mol. The zero-order valence-corrected chi connectivity index (χ0v) is 16.2. The van der Waals surface area contributed by atoms with E-state index in [1.165, 1.54) is 25.0 Å². The summed E-state index contributed by atoms with van der Waals surface area (Å²) in [5, 5.41) is 10.7. The molecule has 0 bridgehead atoms. The quantitative estimate of drug-likeness (QED) is 0.821. The van der Waals surface area contributed by atoms with Crippen molar-refractivity contribution < 1.29 is 9.18 Å². The topological polar surface area (TPSA) is 61.0 Å². The van der Waals surface area contributed by atoms with E-state index in [0.29, 0.717) is 18.8 Å². The number of aromatic amines is 1. The van der Waals surface area contributed by atoms with Crippen molar-refractivity contribution in [2.45, 2.75) is 51.1 Å². The van der Waals surface area contributed by atoms with Gasteiger partial charge in [0.15, 0.2) is 5.69 Å². The lowest BCUT2D eigenvalue weighted by molar-refractivity contribution is 0.0676. The molecule has 4 rings (SSSR count). The number of halogens is 2. The van der Waals surface area contributed by atoms with Gasteiger partial charge < -0.3 is 10.2 Å². The maximum atomic E-state index is 13.3. The van der Waals surface area contributed by atoms with E-state index in [4.69, 9.17) is 0 Å². The molecule has 1 saturated carbocycles. The molecule has 7 heteroatoms. The molecule has 27 heavy (non-hydrogen) atoms. The first kappa shape index (κ1) is 19.8. The molecule has 0 atom stereocenters. The average molecular weight is 393 g/mol. The number of amides is 1. The standard InChI is InChI=1S/C20H25FN4O.ClH/c21-15-7-5-14(6-8-15)10-12-25(16-3-1-2-4-16)20(26)19-17-13-22-11-9-18(17)23-24-19;/h5-8,16,22H,1-4,9-13H2,(H,23,24);1H. The number of hydrogen-bond donors (Lipinski definition) is 2. The monoisotopic (exact) mass is 392 g/mol. The van der Waals surface area contributed by atoms with Gasteiger partial charge in [-0.15, -0.1) is 12.4 Å². The van der Waals surface area contributed by atoms with Crippen molar-refractivity contribution in [1.82, 2.24) is 20.4 Å². The minimum atomic E-state index is -0.229. The number of hydrogen-bond acceptors (Lipinski definition) is 3. The first-order valence-electron chi connectivity index (χ1n) is 9.54. The molecular formula is C20H26ClFN4O. The van der Waals surface area contributed by atoms with Gasteiger partial charge in [-0.05, 0) is 37.0 Å². The van der Waals surface area contributed by atoms with Gasteiger partial charge in [0.1, 0.15) is 5.82 Å². The van der Waals surface area contributed by atoms with E-state index in [-0.39, 0.29) is 30.2 Å². The SMILES string of the molecule is Cl.O=C(c1n[nH]c2c1CNCC2)N(CCc1ccc(F)cc1)C1CCCC1. The molecule has 2 heterocycles. The van der Waals surface area contributed by atoms with Crippen LogP contribution in [0, 0.1) is 5.82 Å². The predicted octanol–water partition coefficient (Wildman–Crippen LogP) is 3.24. The van der Waals surface area contributed by atoms with Gasteiger partial charge in [-0.3, -0.25) is 9.89 Å². The second kappa shape index (κ2) is 8.85. The Kier molecular flexibility index (Phi) is 6.50. The minimum absolute atomic E-state index is 0. The van der Waals surface area contributed by atoms with Crippen LogP contribution >= 0.6 is 12.4 Å². The van der Waals surface area contributed by atoms with Crippen molar-refractivity contribution in [2.24, 2.45) is 0 Å². The van der Waals surface area contributed by atoms with Crippen LogP contribution in [0.4, 0.5) is 4.39 Å². The summed E-state index contributed by atoms with van der Waals surface area (Å²) in [5.41, 5.74) is 3.72. The van der Waals surface area contributed by atoms with Crippen molar-refractivity contribution in [2.75, 3.05) is 13.1 Å². The lowest BCUT2D eigenvalue weighted by Gasteiger charge is -2.29. The van der Waals surface area contributed by atoms with E-state index in [2.05, 4.69) is 15.5 Å². The molecule has 2 aliphatic rings. The summed E-state index contributed by atoms with van der Waals surface area (Å²) in [4.78, 5) is 15.3. The Hall–Kier alpha value is -1.92. The molecule has 5 nitrogen and oxygen atoms in total. The molecule has 1 aliphatic heterocycles. The van der Waals surface area contributed by atoms with Gasteiger partial charge in [-0.1, -0.05) is 25.0 Å². The second-order valence-corrected chi connectivity index (χ2v) is 7.27. The third kappa shape index (κ3) is 4.33. The fourth-order valence-electron chi connectivity index (χ4n) is 4.10. The van der Waals surface area contributed by atoms with Crippen LogP contribution in [-0.4, -0.2) is 40.1 Å². The summed E-state index contributed by atoms with van der Waals surface area (Å²) in [6, 6.07) is 6.84. The number of benzene rings is 1. The largest absolute Gasteiger partial charge is 0.334 e. The summed E-state index contributed by atoms with van der Waals surface area (Å²) >= 11 is 0. The van der Waals surface area contributed by atoms with E-state index in [1.807, 2.05) is 4.90 Å². The minimum Gasteiger partial charge on any atom is -0.334 e. The van der Waals surface area contributed by atoms with Gasteiger partial charge >= 0.3 is 0 Å². The fraction of sp³-hybridized carbons (Fsp3) is 0.500. The van der Waals surface area contributed by atoms with Crippen molar-refractivity contribution in [3.8, 4) is 0 Å². The van der Waals surface area contributed by atoms with Gasteiger partial charge in [0.05, 0.1) is 0 Å². The highest BCUT2D eigenvalue weighted by Crippen LogP contribution is 2.26. The van der Waals surface area contributed by atoms with Gasteiger partial charge in [0.25, 0.3) is 5.91 Å². The molecule has 1 aromatic heterocycles. The van der Waals surface area contributed by atoms with Gasteiger partial charge in [0.2, 0.25) is 0 Å². The summed E-state index contributed by atoms with van der Waals surface area (Å²) < 4.78 is 13.1. The Balaban J connectivity index is 0.00000210. The zero-order valence-electron chi connectivity index (χ0n) is 15.3. The molecule has 1 aromatic carbocycles. The van der Waals surface area contributed by atoms with Crippen molar-refractivity contribution >= 4 is 18.3 Å². The second-order valence-electron chi connectivity index (χ2n) is 7.27. The van der Waals surface area contributed by atoms with E-state index in [9.17, 15) is 9.18 Å². The average Bonchev–Trinajstić information content (AvgIpc) is 3.33. The number of nitrogens with zero attached hydrogens (tertiary/aromatic N) is 2. The number of carbonyl (C=O) groups is 1. The van der Waals surface area contributed by atoms with Crippen LogP contribution in [0.15, 0.2) is 24.3 Å². The fourth-order valence-corrected chi connectivity index (χ4v) is 4.10. The molecule has 0 saturated heterocycles. The number of aromatic nitrogens is 2. The summed E-state index contributed by atoms with van der Waals surface area (Å²) in [6.45, 7) is 2.26. The van der Waals surface area contributed by atoms with Crippen LogP contribution in [-0.2, 0) is 19.4 Å². The lowest BCUT2D eigenvalue weighted by Crippen LogP contribution is -2.41. The Morgan fingerprint density at radius 2 is 1.96 bits per heavy atom. The molecule has 1 amide bonds. The Morgan fingerprint density at radius 3 is 2.70 bits per heavy atom. The first-order valence-corrected chi connectivity index (χ1v) is 9.54. The third-order valence-corrected chi connectivity index (χ3v) is 5.59. The number of fused-ring (bicyclic) bond motifs is 1. The molecule has 0 spiro atoms. The Morgan fingerprint density at radius 1 is 1.22 bits per heavy atom. The van der Waals surface area contributed by atoms with E-state index < -0.39 is 0 Å². The normalized spacial score (nSPS) is 16.6. The summed E-state index contributed by atoms with van der Waals surface area (Å²) in [5.74, 6) is -0.201. The highest BCUT2D eigenvalue weighted by atomic mass is 35.5. The number of H-pyrrole nitrogens is 1. The van der Waals surface area contributed by atoms with Gasteiger partial charge in [-0.25, -0.2) is 4.39 Å². The molecule has 0 unspecified atom stereocenters. The Bertz CT molecular complexity index is 771. The van der Waals surface area contributed by atoms with Crippen LogP contribution in [0.1, 0.15) is 53.0 Å². The van der Waals surface area contributed by atoms with E-state index >= 15 is 0 Å². The molecule has 1 fully saturated rings. The Labute approximate surface area is 165 Å². The predicted molar refractivity (Wildman–Crippen MR) is 105 cm³/mol. The number of rotatable bonds is 5. The summed E-state index contributed by atoms with van der Waals surface area (Å²) in [7, 11) is 0. The van der Waals surface area contributed by atoms with Crippen LogP contribution in [0.3, 0.4) is 0 Å². The third-order valence-electron chi connectivity index (χ3n) is 5.59. The molecule has 0 radical (unpaired) electrons. The van der Waals surface area contributed by atoms with Crippen LogP contribution in [0.25, 0.3) is 0 Å². The van der Waals surface area contributed by atoms with Crippen molar-refractivity contribution in [3.63, 3.8) is 0 Å². The van der Waals surface area contributed by atoms with Gasteiger partial charge in [0, 0.05) is 43.4 Å². The maximum Gasteiger partial charge on any atom is 0.274 e. The van der Waals surface area contributed by atoms with Crippen LogP contribution in [0.5, 0.6) is 0 Å². The summed E-state index contributed by atoms with van der Waals surface area (Å²) in [6.07, 6.45) is 6.07. The molecule has 2 aromatic rings. The molecule has 146 valence electrons. The zero-order chi connectivity index (χ0) is 17.9. The van der Waals surface area contributed by atoms with Crippen molar-refractivity contribution in [3.05, 3.63) is 52.6 Å². The van der Waals surface area contributed by atoms with Gasteiger partial charge in [-0.2, -0.15) is 5.10 Å². The highest BCUT2D eigenvalue weighted by molar-refractivity contribution is 5.94. The maximum absolute atomic E-state index is 13.3. The first-order chi connectivity index (χ1) is 12.7. The lowest BCUT2D eigenvalue weighted by atomic mass is 10.0.